The van der Waals surface area contributed by atoms with Crippen molar-refractivity contribution in [1.29, 1.82) is 0 Å². The zero-order valence-corrected chi connectivity index (χ0v) is 9.99. The summed E-state index contributed by atoms with van der Waals surface area (Å²) in [5.41, 5.74) is 0. The molecule has 88 valence electrons. The molecule has 2 fully saturated rings. The van der Waals surface area contributed by atoms with Gasteiger partial charge in [0, 0.05) is 13.1 Å². The van der Waals surface area contributed by atoms with Crippen LogP contribution in [0.3, 0.4) is 0 Å². The van der Waals surface area contributed by atoms with Crippen molar-refractivity contribution in [2.75, 3.05) is 20.1 Å². The fourth-order valence-electron chi connectivity index (χ4n) is 2.79. The van der Waals surface area contributed by atoms with Crippen molar-refractivity contribution in [2.45, 2.75) is 51.0 Å². The molecular weight excluding hydrogens is 186 g/mol. The van der Waals surface area contributed by atoms with E-state index in [4.69, 9.17) is 0 Å². The summed E-state index contributed by atoms with van der Waals surface area (Å²) in [4.78, 5) is 2.44. The number of aliphatic hydroxyl groups is 1. The highest BCUT2D eigenvalue weighted by atomic mass is 16.3. The second kappa shape index (κ2) is 5.31. The van der Waals surface area contributed by atoms with Crippen LogP contribution in [0.1, 0.15) is 44.9 Å². The third kappa shape index (κ3) is 3.76. The van der Waals surface area contributed by atoms with E-state index in [2.05, 4.69) is 11.9 Å². The van der Waals surface area contributed by atoms with Crippen LogP contribution in [0.4, 0.5) is 0 Å². The van der Waals surface area contributed by atoms with Gasteiger partial charge >= 0.3 is 0 Å². The van der Waals surface area contributed by atoms with Gasteiger partial charge in [0.25, 0.3) is 0 Å². The van der Waals surface area contributed by atoms with Crippen molar-refractivity contribution in [1.82, 2.24) is 4.90 Å². The predicted molar refractivity (Wildman–Crippen MR) is 62.8 cm³/mol. The van der Waals surface area contributed by atoms with Gasteiger partial charge in [0.05, 0.1) is 6.10 Å². The van der Waals surface area contributed by atoms with Crippen molar-refractivity contribution in [3.05, 3.63) is 0 Å². The largest absolute Gasteiger partial charge is 0.393 e. The Bertz CT molecular complexity index is 191. The molecule has 2 aliphatic carbocycles. The van der Waals surface area contributed by atoms with E-state index in [1.165, 1.54) is 45.1 Å². The van der Waals surface area contributed by atoms with Crippen LogP contribution in [0.5, 0.6) is 0 Å². The minimum absolute atomic E-state index is 0.0332. The van der Waals surface area contributed by atoms with E-state index >= 15 is 0 Å². The number of nitrogens with zero attached hydrogens (tertiary/aromatic N) is 1. The summed E-state index contributed by atoms with van der Waals surface area (Å²) in [5.74, 6) is 1.51. The molecule has 2 unspecified atom stereocenters. The molecule has 2 atom stereocenters. The molecule has 0 aromatic heterocycles. The van der Waals surface area contributed by atoms with Crippen LogP contribution in [0.2, 0.25) is 0 Å². The molecule has 0 aromatic rings. The predicted octanol–water partition coefficient (Wildman–Crippen LogP) is 2.27. The van der Waals surface area contributed by atoms with Crippen molar-refractivity contribution in [2.24, 2.45) is 11.8 Å². The zero-order chi connectivity index (χ0) is 10.7. The van der Waals surface area contributed by atoms with Crippen LogP contribution in [0, 0.1) is 11.8 Å². The Hall–Kier alpha value is -0.0800. The van der Waals surface area contributed by atoms with E-state index in [-0.39, 0.29) is 6.10 Å². The molecule has 0 bridgehead atoms. The highest BCUT2D eigenvalue weighted by molar-refractivity contribution is 4.79. The number of hydrogen-bond acceptors (Lipinski definition) is 2. The van der Waals surface area contributed by atoms with Gasteiger partial charge in [0.2, 0.25) is 0 Å². The van der Waals surface area contributed by atoms with Crippen LogP contribution in [0.25, 0.3) is 0 Å². The summed E-state index contributed by atoms with van der Waals surface area (Å²) in [7, 11) is 2.22. The second-order valence-electron chi connectivity index (χ2n) is 5.63. The van der Waals surface area contributed by atoms with Crippen molar-refractivity contribution in [3.8, 4) is 0 Å². The van der Waals surface area contributed by atoms with Gasteiger partial charge in [0.1, 0.15) is 0 Å². The highest BCUT2D eigenvalue weighted by Gasteiger charge is 2.26. The zero-order valence-electron chi connectivity index (χ0n) is 9.99. The van der Waals surface area contributed by atoms with Gasteiger partial charge in [-0.25, -0.2) is 0 Å². The van der Waals surface area contributed by atoms with Crippen molar-refractivity contribution < 1.29 is 5.11 Å². The molecule has 0 saturated heterocycles. The minimum Gasteiger partial charge on any atom is -0.393 e. The van der Waals surface area contributed by atoms with Crippen molar-refractivity contribution >= 4 is 0 Å². The van der Waals surface area contributed by atoms with Crippen LogP contribution >= 0.6 is 0 Å². The summed E-state index contributed by atoms with van der Waals surface area (Å²) < 4.78 is 0. The molecule has 1 N–H and O–H groups in total. The van der Waals surface area contributed by atoms with Gasteiger partial charge in [-0.1, -0.05) is 19.3 Å². The first-order chi connectivity index (χ1) is 7.25. The smallest absolute Gasteiger partial charge is 0.0580 e. The summed E-state index contributed by atoms with van der Waals surface area (Å²) in [6, 6.07) is 0. The Morgan fingerprint density at radius 3 is 2.47 bits per heavy atom. The minimum atomic E-state index is -0.0332. The molecule has 0 amide bonds. The lowest BCUT2D eigenvalue weighted by atomic mass is 9.97. The van der Waals surface area contributed by atoms with E-state index < -0.39 is 0 Å². The molecular formula is C13H25NO. The molecule has 15 heavy (non-hydrogen) atoms. The Kier molecular flexibility index (Phi) is 4.04. The lowest BCUT2D eigenvalue weighted by Crippen LogP contribution is -2.33. The van der Waals surface area contributed by atoms with Gasteiger partial charge in [-0.15, -0.1) is 0 Å². The fraction of sp³-hybridized carbons (Fsp3) is 1.00. The first-order valence-electron chi connectivity index (χ1n) is 6.62. The summed E-state index contributed by atoms with van der Waals surface area (Å²) in [6.45, 7) is 2.36. The first kappa shape index (κ1) is 11.4. The topological polar surface area (TPSA) is 23.5 Å². The summed E-state index contributed by atoms with van der Waals surface area (Å²) in [5, 5.41) is 10.0. The Labute approximate surface area is 93.7 Å². The molecule has 0 spiro atoms. The van der Waals surface area contributed by atoms with Gasteiger partial charge in [0.15, 0.2) is 0 Å². The van der Waals surface area contributed by atoms with E-state index in [1.54, 1.807) is 0 Å². The van der Waals surface area contributed by atoms with E-state index in [9.17, 15) is 5.11 Å². The second-order valence-corrected chi connectivity index (χ2v) is 5.63. The Morgan fingerprint density at radius 2 is 1.73 bits per heavy atom. The van der Waals surface area contributed by atoms with Gasteiger partial charge in [-0.2, -0.15) is 0 Å². The van der Waals surface area contributed by atoms with Crippen LogP contribution in [-0.4, -0.2) is 36.2 Å². The lowest BCUT2D eigenvalue weighted by molar-refractivity contribution is 0.0785. The number of hydrogen-bond donors (Lipinski definition) is 1. The Balaban J connectivity index is 1.74. The van der Waals surface area contributed by atoms with Gasteiger partial charge in [-0.05, 0) is 44.6 Å². The SMILES string of the molecule is CN(CC1CC1)CC1CCCCCC1O. The highest BCUT2D eigenvalue weighted by Crippen LogP contribution is 2.30. The average Bonchev–Trinajstić information content (AvgIpc) is 2.98. The number of rotatable bonds is 4. The fourth-order valence-corrected chi connectivity index (χ4v) is 2.79. The van der Waals surface area contributed by atoms with Crippen molar-refractivity contribution in [3.63, 3.8) is 0 Å². The molecule has 0 heterocycles. The molecule has 0 aliphatic heterocycles. The van der Waals surface area contributed by atoms with Crippen LogP contribution in [-0.2, 0) is 0 Å². The monoisotopic (exact) mass is 211 g/mol. The molecule has 2 nitrogen and oxygen atoms in total. The van der Waals surface area contributed by atoms with Gasteiger partial charge < -0.3 is 10.0 Å². The third-order valence-corrected chi connectivity index (χ3v) is 3.93. The maximum absolute atomic E-state index is 10.0. The van der Waals surface area contributed by atoms with E-state index in [1.807, 2.05) is 0 Å². The van der Waals surface area contributed by atoms with Crippen LogP contribution < -0.4 is 0 Å². The van der Waals surface area contributed by atoms with E-state index in [0.717, 1.165) is 18.9 Å². The first-order valence-corrected chi connectivity index (χ1v) is 6.62. The summed E-state index contributed by atoms with van der Waals surface area (Å²) in [6.07, 6.45) is 8.95. The molecule has 2 saturated carbocycles. The third-order valence-electron chi connectivity index (χ3n) is 3.93. The maximum Gasteiger partial charge on any atom is 0.0580 e. The Morgan fingerprint density at radius 1 is 1.00 bits per heavy atom. The molecule has 0 aromatic carbocycles. The van der Waals surface area contributed by atoms with Gasteiger partial charge in [-0.3, -0.25) is 0 Å². The van der Waals surface area contributed by atoms with E-state index in [0.29, 0.717) is 5.92 Å². The summed E-state index contributed by atoms with van der Waals surface area (Å²) >= 11 is 0. The molecule has 2 heteroatoms. The molecule has 0 radical (unpaired) electrons. The maximum atomic E-state index is 10.0. The quantitative estimate of drug-likeness (QED) is 0.721. The van der Waals surface area contributed by atoms with Crippen LogP contribution in [0.15, 0.2) is 0 Å². The average molecular weight is 211 g/mol. The molecule has 2 rings (SSSR count). The standard InChI is InChI=1S/C13H25NO/c1-14(9-11-7-8-11)10-12-5-3-2-4-6-13(12)15/h11-13,15H,2-10H2,1H3. The number of aliphatic hydroxyl groups excluding tert-OH is 1. The normalized spacial score (nSPS) is 33.0. The molecule has 2 aliphatic rings. The lowest BCUT2D eigenvalue weighted by Gasteiger charge is -2.26.